The predicted octanol–water partition coefficient (Wildman–Crippen LogP) is 3.79. The highest BCUT2D eigenvalue weighted by Crippen LogP contribution is 2.46. The predicted molar refractivity (Wildman–Crippen MR) is 143 cm³/mol. The molecule has 0 saturated heterocycles. The molecule has 2 unspecified atom stereocenters. The van der Waals surface area contributed by atoms with Crippen LogP contribution in [0.3, 0.4) is 0 Å². The summed E-state index contributed by atoms with van der Waals surface area (Å²) in [6, 6.07) is 13.9. The Morgan fingerprint density at radius 2 is 1.89 bits per heavy atom. The summed E-state index contributed by atoms with van der Waals surface area (Å²) in [6.07, 6.45) is 3.71. The second-order valence-corrected chi connectivity index (χ2v) is 10.6. The van der Waals surface area contributed by atoms with E-state index in [-0.39, 0.29) is 29.8 Å². The summed E-state index contributed by atoms with van der Waals surface area (Å²) in [5, 5.41) is 7.08. The van der Waals surface area contributed by atoms with Gasteiger partial charge >= 0.3 is 0 Å². The Hall–Kier alpha value is -3.26. The standard InChI is InChI=1S/C28H32N4O3S/c1-4-16(2)29-26(33)22(13-14-36-3)31-27(34)23-15-20-17-9-7-8-12-21(17)30-24(20)25-18-10-5-6-11-19(18)28(35)32(23)25/h5-12,16,22-23,25,30H,4,13-15H2,1-3H3,(H,29,33)(H,31,34)/t16?,22-,23-,25?/m0/s1. The van der Waals surface area contributed by atoms with Crippen LogP contribution in [0.1, 0.15) is 59.9 Å². The molecule has 0 saturated carbocycles. The summed E-state index contributed by atoms with van der Waals surface area (Å²) in [7, 11) is 0. The third-order valence-electron chi connectivity index (χ3n) is 7.40. The van der Waals surface area contributed by atoms with Crippen molar-refractivity contribution >= 4 is 40.4 Å². The monoisotopic (exact) mass is 504 g/mol. The van der Waals surface area contributed by atoms with Gasteiger partial charge in [-0.1, -0.05) is 43.3 Å². The number of H-pyrrole nitrogens is 1. The van der Waals surface area contributed by atoms with Crippen LogP contribution < -0.4 is 10.6 Å². The van der Waals surface area contributed by atoms with E-state index in [1.54, 1.807) is 16.7 Å². The highest BCUT2D eigenvalue weighted by Gasteiger charge is 2.49. The van der Waals surface area contributed by atoms with Crippen molar-refractivity contribution in [3.63, 3.8) is 0 Å². The SMILES string of the molecule is CCC(C)NC(=O)[C@H](CCSC)NC(=O)[C@@H]1Cc2c([nH]c3ccccc23)C2c3ccccc3C(=O)N21. The molecule has 3 aromatic rings. The lowest BCUT2D eigenvalue weighted by molar-refractivity contribution is -0.132. The summed E-state index contributed by atoms with van der Waals surface area (Å²) in [4.78, 5) is 45.7. The number of carbonyl (C=O) groups is 3. The Kier molecular flexibility index (Phi) is 6.79. The molecule has 0 fully saturated rings. The zero-order valence-electron chi connectivity index (χ0n) is 20.8. The maximum atomic E-state index is 13.8. The molecule has 188 valence electrons. The van der Waals surface area contributed by atoms with Gasteiger partial charge in [0.25, 0.3) is 5.91 Å². The van der Waals surface area contributed by atoms with E-state index < -0.39 is 12.1 Å². The quantitative estimate of drug-likeness (QED) is 0.435. The number of para-hydroxylation sites is 1. The number of amides is 3. The minimum Gasteiger partial charge on any atom is -0.356 e. The van der Waals surface area contributed by atoms with Crippen LogP contribution in [0.2, 0.25) is 0 Å². The number of fused-ring (bicyclic) bond motifs is 7. The fraction of sp³-hybridized carbons (Fsp3) is 0.393. The molecule has 0 bridgehead atoms. The first-order valence-electron chi connectivity index (χ1n) is 12.5. The van der Waals surface area contributed by atoms with Crippen molar-refractivity contribution < 1.29 is 14.4 Å². The highest BCUT2D eigenvalue weighted by atomic mass is 32.2. The lowest BCUT2D eigenvalue weighted by Gasteiger charge is -2.37. The first-order chi connectivity index (χ1) is 17.4. The lowest BCUT2D eigenvalue weighted by Crippen LogP contribution is -2.57. The van der Waals surface area contributed by atoms with Gasteiger partial charge in [0.15, 0.2) is 0 Å². The van der Waals surface area contributed by atoms with Gasteiger partial charge in [-0.05, 0) is 55.0 Å². The molecule has 3 amide bonds. The molecule has 4 atom stereocenters. The Bertz CT molecular complexity index is 1320. The number of benzene rings is 2. The van der Waals surface area contributed by atoms with Gasteiger partial charge in [0, 0.05) is 34.6 Å². The molecule has 0 radical (unpaired) electrons. The molecule has 1 aromatic heterocycles. The summed E-state index contributed by atoms with van der Waals surface area (Å²) < 4.78 is 0. The molecule has 8 heteroatoms. The first-order valence-corrected chi connectivity index (χ1v) is 13.9. The first kappa shape index (κ1) is 24.4. The van der Waals surface area contributed by atoms with Gasteiger partial charge in [0.1, 0.15) is 12.1 Å². The molecule has 3 heterocycles. The van der Waals surface area contributed by atoms with Crippen LogP contribution >= 0.6 is 11.8 Å². The lowest BCUT2D eigenvalue weighted by atomic mass is 9.89. The second kappa shape index (κ2) is 10.0. The molecule has 2 aliphatic rings. The smallest absolute Gasteiger partial charge is 0.255 e. The number of carbonyl (C=O) groups excluding carboxylic acids is 3. The molecule has 7 nitrogen and oxygen atoms in total. The molecule has 2 aromatic carbocycles. The molecule has 2 aliphatic heterocycles. The fourth-order valence-corrected chi connectivity index (χ4v) is 5.83. The second-order valence-electron chi connectivity index (χ2n) is 9.65. The number of nitrogens with one attached hydrogen (secondary N) is 3. The van der Waals surface area contributed by atoms with E-state index >= 15 is 0 Å². The van der Waals surface area contributed by atoms with Gasteiger partial charge in [-0.15, -0.1) is 0 Å². The van der Waals surface area contributed by atoms with Crippen molar-refractivity contribution in [1.82, 2.24) is 20.5 Å². The van der Waals surface area contributed by atoms with Crippen LogP contribution in [0, 0.1) is 0 Å². The summed E-state index contributed by atoms with van der Waals surface area (Å²) in [6.45, 7) is 3.97. The Morgan fingerprint density at radius 1 is 1.14 bits per heavy atom. The average molecular weight is 505 g/mol. The molecule has 0 spiro atoms. The maximum absolute atomic E-state index is 13.8. The largest absolute Gasteiger partial charge is 0.356 e. The Labute approximate surface area is 215 Å². The molecular weight excluding hydrogens is 472 g/mol. The zero-order valence-corrected chi connectivity index (χ0v) is 21.7. The van der Waals surface area contributed by atoms with Crippen LogP contribution in [0.25, 0.3) is 10.9 Å². The van der Waals surface area contributed by atoms with Crippen molar-refractivity contribution in [2.45, 2.75) is 57.3 Å². The van der Waals surface area contributed by atoms with E-state index in [2.05, 4.69) is 21.7 Å². The van der Waals surface area contributed by atoms with E-state index in [0.717, 1.165) is 39.9 Å². The van der Waals surface area contributed by atoms with Gasteiger partial charge in [0.05, 0.1) is 6.04 Å². The fourth-order valence-electron chi connectivity index (χ4n) is 5.36. The average Bonchev–Trinajstić information content (AvgIpc) is 3.41. The van der Waals surface area contributed by atoms with E-state index in [1.165, 1.54) is 0 Å². The van der Waals surface area contributed by atoms with Gasteiger partial charge in [-0.3, -0.25) is 14.4 Å². The number of hydrogen-bond acceptors (Lipinski definition) is 4. The number of aromatic amines is 1. The summed E-state index contributed by atoms with van der Waals surface area (Å²) in [5.41, 5.74) is 4.54. The number of thioether (sulfide) groups is 1. The van der Waals surface area contributed by atoms with Gasteiger partial charge in [0.2, 0.25) is 11.8 Å². The van der Waals surface area contributed by atoms with Crippen LogP contribution in [0.15, 0.2) is 48.5 Å². The molecule has 5 rings (SSSR count). The molecule has 0 aliphatic carbocycles. The normalized spacial score (nSPS) is 19.9. The van der Waals surface area contributed by atoms with E-state index in [9.17, 15) is 14.4 Å². The van der Waals surface area contributed by atoms with E-state index in [1.807, 2.05) is 62.6 Å². The van der Waals surface area contributed by atoms with Crippen molar-refractivity contribution in [3.8, 4) is 0 Å². The summed E-state index contributed by atoms with van der Waals surface area (Å²) in [5.74, 6) is 0.127. The minimum atomic E-state index is -0.713. The van der Waals surface area contributed by atoms with E-state index in [0.29, 0.717) is 18.4 Å². The van der Waals surface area contributed by atoms with Crippen molar-refractivity contribution in [1.29, 1.82) is 0 Å². The van der Waals surface area contributed by atoms with Crippen molar-refractivity contribution in [2.75, 3.05) is 12.0 Å². The van der Waals surface area contributed by atoms with Crippen molar-refractivity contribution in [3.05, 3.63) is 70.9 Å². The number of nitrogens with zero attached hydrogens (tertiary/aromatic N) is 1. The van der Waals surface area contributed by atoms with E-state index in [4.69, 9.17) is 0 Å². The van der Waals surface area contributed by atoms with Gasteiger partial charge in [-0.25, -0.2) is 0 Å². The topological polar surface area (TPSA) is 94.3 Å². The molecule has 36 heavy (non-hydrogen) atoms. The van der Waals surface area contributed by atoms with Crippen molar-refractivity contribution in [2.24, 2.45) is 0 Å². The van der Waals surface area contributed by atoms with Gasteiger partial charge < -0.3 is 20.5 Å². The third-order valence-corrected chi connectivity index (χ3v) is 8.04. The van der Waals surface area contributed by atoms with Crippen LogP contribution in [-0.2, 0) is 16.0 Å². The maximum Gasteiger partial charge on any atom is 0.255 e. The minimum absolute atomic E-state index is 0.0219. The van der Waals surface area contributed by atoms with Crippen LogP contribution in [0.5, 0.6) is 0 Å². The third kappa shape index (κ3) is 4.17. The van der Waals surface area contributed by atoms with Crippen LogP contribution in [-0.4, -0.2) is 57.7 Å². The van der Waals surface area contributed by atoms with Crippen LogP contribution in [0.4, 0.5) is 0 Å². The molecule has 3 N–H and O–H groups in total. The summed E-state index contributed by atoms with van der Waals surface area (Å²) >= 11 is 1.64. The Morgan fingerprint density at radius 3 is 2.67 bits per heavy atom. The number of aromatic nitrogens is 1. The Balaban J connectivity index is 1.51. The number of hydrogen-bond donors (Lipinski definition) is 3. The molecular formula is C28H32N4O3S. The highest BCUT2D eigenvalue weighted by molar-refractivity contribution is 7.98. The number of rotatable bonds is 8. The zero-order chi connectivity index (χ0) is 25.4. The van der Waals surface area contributed by atoms with Gasteiger partial charge in [-0.2, -0.15) is 11.8 Å².